The minimum absolute atomic E-state index is 0.233. The summed E-state index contributed by atoms with van der Waals surface area (Å²) >= 11 is 4.82. The van der Waals surface area contributed by atoms with Gasteiger partial charge in [-0.3, -0.25) is 0 Å². The lowest BCUT2D eigenvalue weighted by molar-refractivity contribution is 0.540. The largest absolute Gasteiger partial charge is 0.389 e. The highest BCUT2D eigenvalue weighted by atomic mass is 32.2. The van der Waals surface area contributed by atoms with Crippen molar-refractivity contribution >= 4 is 27.2 Å². The van der Waals surface area contributed by atoms with Crippen molar-refractivity contribution in [2.75, 3.05) is 6.54 Å². The Kier molecular flexibility index (Phi) is 5.90. The summed E-state index contributed by atoms with van der Waals surface area (Å²) in [5, 5.41) is 0. The van der Waals surface area contributed by atoms with E-state index >= 15 is 0 Å². The van der Waals surface area contributed by atoms with E-state index in [4.69, 9.17) is 18.0 Å². The number of hydrogen-bond acceptors (Lipinski definition) is 3. The number of rotatable bonds is 7. The van der Waals surface area contributed by atoms with Gasteiger partial charge in [0.1, 0.15) is 4.99 Å². The second-order valence-corrected chi connectivity index (χ2v) is 7.03. The Bertz CT molecular complexity index is 522. The van der Waals surface area contributed by atoms with E-state index in [2.05, 4.69) is 18.6 Å². The van der Waals surface area contributed by atoms with Gasteiger partial charge in [0.2, 0.25) is 10.0 Å². The Labute approximate surface area is 120 Å². The van der Waals surface area contributed by atoms with Crippen LogP contribution < -0.4 is 10.5 Å². The lowest BCUT2D eigenvalue weighted by Gasteiger charge is -2.08. The molecule has 0 radical (unpaired) electrons. The Morgan fingerprint density at radius 1 is 1.32 bits per heavy atom. The Morgan fingerprint density at radius 2 is 1.89 bits per heavy atom. The van der Waals surface area contributed by atoms with Crippen LogP contribution in [0.25, 0.3) is 0 Å². The maximum atomic E-state index is 12.0. The molecule has 0 spiro atoms. The van der Waals surface area contributed by atoms with Gasteiger partial charge < -0.3 is 5.73 Å². The molecule has 0 fully saturated rings. The van der Waals surface area contributed by atoms with Crippen molar-refractivity contribution in [2.45, 2.75) is 31.6 Å². The molecule has 6 heteroatoms. The molecule has 1 aromatic rings. The van der Waals surface area contributed by atoms with Gasteiger partial charge in [-0.1, -0.05) is 38.2 Å². The van der Waals surface area contributed by atoms with Crippen LogP contribution >= 0.6 is 12.2 Å². The smallest absolute Gasteiger partial charge is 0.240 e. The fourth-order valence-corrected chi connectivity index (χ4v) is 2.81. The zero-order valence-electron chi connectivity index (χ0n) is 11.2. The Balaban J connectivity index is 2.64. The van der Waals surface area contributed by atoms with Gasteiger partial charge in [0.15, 0.2) is 0 Å². The highest BCUT2D eigenvalue weighted by Crippen LogP contribution is 2.11. The molecule has 1 aromatic carbocycles. The molecule has 0 saturated carbocycles. The van der Waals surface area contributed by atoms with Crippen molar-refractivity contribution in [1.82, 2.24) is 4.72 Å². The maximum Gasteiger partial charge on any atom is 0.240 e. The molecule has 0 atom stereocenters. The minimum atomic E-state index is -3.43. The first-order valence-electron chi connectivity index (χ1n) is 6.22. The number of benzene rings is 1. The summed E-state index contributed by atoms with van der Waals surface area (Å²) in [7, 11) is -3.43. The molecular formula is C13H20N2O2S2. The topological polar surface area (TPSA) is 72.2 Å². The first-order chi connectivity index (χ1) is 8.83. The van der Waals surface area contributed by atoms with Gasteiger partial charge in [-0.2, -0.15) is 0 Å². The van der Waals surface area contributed by atoms with E-state index in [0.717, 1.165) is 12.8 Å². The van der Waals surface area contributed by atoms with Crippen LogP contribution in [0.15, 0.2) is 29.2 Å². The molecular weight excluding hydrogens is 280 g/mol. The van der Waals surface area contributed by atoms with Gasteiger partial charge in [0, 0.05) is 12.1 Å². The highest BCUT2D eigenvalue weighted by Gasteiger charge is 2.13. The summed E-state index contributed by atoms with van der Waals surface area (Å²) in [6.45, 7) is 4.68. The minimum Gasteiger partial charge on any atom is -0.389 e. The second kappa shape index (κ2) is 6.98. The number of nitrogens with one attached hydrogen (secondary N) is 1. The van der Waals surface area contributed by atoms with Gasteiger partial charge in [-0.15, -0.1) is 0 Å². The molecule has 0 unspecified atom stereocenters. The Morgan fingerprint density at radius 3 is 2.37 bits per heavy atom. The van der Waals surface area contributed by atoms with Crippen molar-refractivity contribution in [2.24, 2.45) is 11.7 Å². The Hall–Kier alpha value is -0.980. The summed E-state index contributed by atoms with van der Waals surface area (Å²) in [5.74, 6) is 0.578. The predicted molar refractivity (Wildman–Crippen MR) is 81.6 cm³/mol. The van der Waals surface area contributed by atoms with Crippen LogP contribution in [0.3, 0.4) is 0 Å². The standard InChI is InChI=1S/C13H20N2O2S2/c1-10(2)4-3-9-15-19(16,17)12-7-5-11(6-8-12)13(14)18/h5-8,10,15H,3-4,9H2,1-2H3,(H2,14,18). The van der Waals surface area contributed by atoms with Crippen molar-refractivity contribution in [3.05, 3.63) is 29.8 Å². The van der Waals surface area contributed by atoms with Crippen LogP contribution in [0.5, 0.6) is 0 Å². The number of nitrogens with two attached hydrogens (primary N) is 1. The summed E-state index contributed by atoms with van der Waals surface area (Å²) in [6, 6.07) is 6.26. The number of sulfonamides is 1. The summed E-state index contributed by atoms with van der Waals surface area (Å²) in [4.78, 5) is 0.492. The number of hydrogen-bond donors (Lipinski definition) is 2. The third-order valence-electron chi connectivity index (χ3n) is 2.70. The first-order valence-corrected chi connectivity index (χ1v) is 8.11. The van der Waals surface area contributed by atoms with E-state index in [1.54, 1.807) is 12.1 Å². The molecule has 0 saturated heterocycles. The van der Waals surface area contributed by atoms with Gasteiger partial charge in [-0.05, 0) is 30.9 Å². The first kappa shape index (κ1) is 16.1. The van der Waals surface area contributed by atoms with Gasteiger partial charge in [-0.25, -0.2) is 13.1 Å². The van der Waals surface area contributed by atoms with E-state index in [1.165, 1.54) is 12.1 Å². The molecule has 0 amide bonds. The van der Waals surface area contributed by atoms with Crippen molar-refractivity contribution in [3.63, 3.8) is 0 Å². The quantitative estimate of drug-likeness (QED) is 0.597. The predicted octanol–water partition coefficient (Wildman–Crippen LogP) is 2.04. The van der Waals surface area contributed by atoms with Crippen molar-refractivity contribution in [1.29, 1.82) is 0 Å². The van der Waals surface area contributed by atoms with Crippen LogP contribution in [-0.4, -0.2) is 20.0 Å². The molecule has 3 N–H and O–H groups in total. The molecule has 0 bridgehead atoms. The monoisotopic (exact) mass is 300 g/mol. The average molecular weight is 300 g/mol. The molecule has 0 aromatic heterocycles. The van der Waals surface area contributed by atoms with E-state index in [1.807, 2.05) is 0 Å². The summed E-state index contributed by atoms with van der Waals surface area (Å²) in [5.41, 5.74) is 6.13. The fraction of sp³-hybridized carbons (Fsp3) is 0.462. The van der Waals surface area contributed by atoms with Crippen molar-refractivity contribution in [3.8, 4) is 0 Å². The van der Waals surface area contributed by atoms with Crippen molar-refractivity contribution < 1.29 is 8.42 Å². The molecule has 1 rings (SSSR count). The summed E-state index contributed by atoms with van der Waals surface area (Å²) in [6.07, 6.45) is 1.84. The zero-order chi connectivity index (χ0) is 14.5. The molecule has 4 nitrogen and oxygen atoms in total. The maximum absolute atomic E-state index is 12.0. The molecule has 106 valence electrons. The zero-order valence-corrected chi connectivity index (χ0v) is 12.9. The molecule has 0 aliphatic rings. The van der Waals surface area contributed by atoms with Crippen LogP contribution in [0, 0.1) is 5.92 Å². The van der Waals surface area contributed by atoms with Gasteiger partial charge >= 0.3 is 0 Å². The number of thiocarbonyl (C=S) groups is 1. The normalized spacial score (nSPS) is 11.7. The molecule has 0 aliphatic carbocycles. The SMILES string of the molecule is CC(C)CCCNS(=O)(=O)c1ccc(C(N)=S)cc1. The molecule has 0 heterocycles. The van der Waals surface area contributed by atoms with Crippen LogP contribution in [0.4, 0.5) is 0 Å². The third-order valence-corrected chi connectivity index (χ3v) is 4.41. The van der Waals surface area contributed by atoms with E-state index in [-0.39, 0.29) is 9.88 Å². The van der Waals surface area contributed by atoms with E-state index < -0.39 is 10.0 Å². The lowest BCUT2D eigenvalue weighted by Crippen LogP contribution is -2.25. The average Bonchev–Trinajstić information content (AvgIpc) is 2.34. The van der Waals surface area contributed by atoms with Gasteiger partial charge in [0.25, 0.3) is 0 Å². The molecule has 19 heavy (non-hydrogen) atoms. The van der Waals surface area contributed by atoms with Crippen LogP contribution in [0.2, 0.25) is 0 Å². The highest BCUT2D eigenvalue weighted by molar-refractivity contribution is 7.89. The van der Waals surface area contributed by atoms with Crippen LogP contribution in [-0.2, 0) is 10.0 Å². The lowest BCUT2D eigenvalue weighted by atomic mass is 10.1. The van der Waals surface area contributed by atoms with E-state index in [9.17, 15) is 8.42 Å². The summed E-state index contributed by atoms with van der Waals surface area (Å²) < 4.78 is 26.6. The van der Waals surface area contributed by atoms with Crippen LogP contribution in [0.1, 0.15) is 32.3 Å². The third kappa shape index (κ3) is 5.26. The van der Waals surface area contributed by atoms with Gasteiger partial charge in [0.05, 0.1) is 4.90 Å². The van der Waals surface area contributed by atoms with E-state index in [0.29, 0.717) is 18.0 Å². The second-order valence-electron chi connectivity index (χ2n) is 4.82. The molecule has 0 aliphatic heterocycles. The fourth-order valence-electron chi connectivity index (χ4n) is 1.60.